The highest BCUT2D eigenvalue weighted by Gasteiger charge is 2.14. The Morgan fingerprint density at radius 2 is 1.39 bits per heavy atom. The van der Waals surface area contributed by atoms with Gasteiger partial charge in [-0.1, -0.05) is 26.2 Å². The lowest BCUT2D eigenvalue weighted by Crippen LogP contribution is -2.44. The molecular formula is C15H33N3. The number of unbranched alkanes of at least 4 members (excludes halogenated alkanes) is 3. The number of rotatable bonds is 9. The Bertz CT molecular complexity index is 210. The SMILES string of the molecule is CCCCCCN(CC)C(=NCC)N(CC)CC. The maximum absolute atomic E-state index is 4.70. The summed E-state index contributed by atoms with van der Waals surface area (Å²) in [5.41, 5.74) is 0. The van der Waals surface area contributed by atoms with E-state index < -0.39 is 0 Å². The molecule has 0 rings (SSSR count). The summed E-state index contributed by atoms with van der Waals surface area (Å²) in [6, 6.07) is 0. The summed E-state index contributed by atoms with van der Waals surface area (Å²) in [4.78, 5) is 9.51. The summed E-state index contributed by atoms with van der Waals surface area (Å²) < 4.78 is 0. The number of aliphatic imine (C=N–C) groups is 1. The van der Waals surface area contributed by atoms with Crippen LogP contribution in [0.3, 0.4) is 0 Å². The summed E-state index contributed by atoms with van der Waals surface area (Å²) in [6.45, 7) is 16.2. The molecule has 18 heavy (non-hydrogen) atoms. The minimum atomic E-state index is 0.872. The van der Waals surface area contributed by atoms with Gasteiger partial charge in [-0.25, -0.2) is 0 Å². The molecule has 0 radical (unpaired) electrons. The molecule has 0 aliphatic rings. The van der Waals surface area contributed by atoms with Gasteiger partial charge in [0, 0.05) is 32.7 Å². The van der Waals surface area contributed by atoms with Gasteiger partial charge in [0.2, 0.25) is 0 Å². The topological polar surface area (TPSA) is 18.8 Å². The minimum Gasteiger partial charge on any atom is -0.343 e. The lowest BCUT2D eigenvalue weighted by molar-refractivity contribution is 0.332. The number of hydrogen-bond acceptors (Lipinski definition) is 1. The zero-order valence-corrected chi connectivity index (χ0v) is 13.2. The van der Waals surface area contributed by atoms with E-state index in [9.17, 15) is 0 Å². The average molecular weight is 255 g/mol. The van der Waals surface area contributed by atoms with E-state index in [0.29, 0.717) is 0 Å². The highest BCUT2D eigenvalue weighted by Crippen LogP contribution is 2.05. The summed E-state index contributed by atoms with van der Waals surface area (Å²) in [5.74, 6) is 1.20. The van der Waals surface area contributed by atoms with E-state index in [-0.39, 0.29) is 0 Å². The number of guanidine groups is 1. The molecule has 0 aromatic carbocycles. The van der Waals surface area contributed by atoms with Crippen LogP contribution < -0.4 is 0 Å². The van der Waals surface area contributed by atoms with E-state index in [0.717, 1.165) is 32.7 Å². The van der Waals surface area contributed by atoms with Crippen molar-refractivity contribution in [2.45, 2.75) is 60.3 Å². The molecule has 0 aliphatic heterocycles. The van der Waals surface area contributed by atoms with Crippen molar-refractivity contribution in [3.8, 4) is 0 Å². The van der Waals surface area contributed by atoms with Crippen molar-refractivity contribution < 1.29 is 0 Å². The second-order valence-electron chi connectivity index (χ2n) is 4.59. The Balaban J connectivity index is 4.47. The third-order valence-corrected chi connectivity index (χ3v) is 3.29. The molecule has 0 N–H and O–H groups in total. The molecular weight excluding hydrogens is 222 g/mol. The molecule has 3 nitrogen and oxygen atoms in total. The molecule has 0 bridgehead atoms. The minimum absolute atomic E-state index is 0.872. The second-order valence-corrected chi connectivity index (χ2v) is 4.59. The van der Waals surface area contributed by atoms with Crippen LogP contribution in [-0.2, 0) is 0 Å². The molecule has 0 amide bonds. The Kier molecular flexibility index (Phi) is 10.9. The Labute approximate surface area is 114 Å². The van der Waals surface area contributed by atoms with Gasteiger partial charge in [-0.15, -0.1) is 0 Å². The standard InChI is InChI=1S/C15H33N3/c1-6-11-12-13-14-18(10-5)15(16-7-2)17(8-3)9-4/h6-14H2,1-5H3. The molecule has 0 aliphatic carbocycles. The van der Waals surface area contributed by atoms with E-state index in [1.165, 1.54) is 31.6 Å². The zero-order valence-electron chi connectivity index (χ0n) is 13.2. The third-order valence-electron chi connectivity index (χ3n) is 3.29. The predicted octanol–water partition coefficient (Wildman–Crippen LogP) is 3.61. The van der Waals surface area contributed by atoms with Crippen LogP contribution in [0.4, 0.5) is 0 Å². The van der Waals surface area contributed by atoms with Gasteiger partial charge in [0.25, 0.3) is 0 Å². The fourth-order valence-corrected chi connectivity index (χ4v) is 2.18. The van der Waals surface area contributed by atoms with Crippen molar-refractivity contribution in [3.05, 3.63) is 0 Å². The van der Waals surface area contributed by atoms with Crippen LogP contribution in [-0.4, -0.2) is 48.5 Å². The van der Waals surface area contributed by atoms with Gasteiger partial charge < -0.3 is 9.80 Å². The third kappa shape index (κ3) is 6.27. The van der Waals surface area contributed by atoms with E-state index in [1.54, 1.807) is 0 Å². The van der Waals surface area contributed by atoms with Crippen molar-refractivity contribution in [1.82, 2.24) is 9.80 Å². The van der Waals surface area contributed by atoms with Crippen molar-refractivity contribution >= 4 is 5.96 Å². The van der Waals surface area contributed by atoms with Gasteiger partial charge in [0.1, 0.15) is 0 Å². The smallest absolute Gasteiger partial charge is 0.196 e. The van der Waals surface area contributed by atoms with E-state index >= 15 is 0 Å². The van der Waals surface area contributed by atoms with Gasteiger partial charge in [-0.3, -0.25) is 4.99 Å². The predicted molar refractivity (Wildman–Crippen MR) is 82.3 cm³/mol. The molecule has 0 aromatic heterocycles. The Morgan fingerprint density at radius 3 is 1.83 bits per heavy atom. The first kappa shape index (κ1) is 17.3. The van der Waals surface area contributed by atoms with E-state index in [1.807, 2.05) is 0 Å². The lowest BCUT2D eigenvalue weighted by Gasteiger charge is -2.32. The van der Waals surface area contributed by atoms with Gasteiger partial charge in [-0.2, -0.15) is 0 Å². The van der Waals surface area contributed by atoms with Crippen molar-refractivity contribution in [2.24, 2.45) is 4.99 Å². The van der Waals surface area contributed by atoms with Crippen LogP contribution in [0.1, 0.15) is 60.3 Å². The van der Waals surface area contributed by atoms with Crippen LogP contribution in [0.5, 0.6) is 0 Å². The highest BCUT2D eigenvalue weighted by atomic mass is 15.4. The number of nitrogens with zero attached hydrogens (tertiary/aromatic N) is 3. The Morgan fingerprint density at radius 1 is 0.778 bits per heavy atom. The molecule has 0 spiro atoms. The average Bonchev–Trinajstić information content (AvgIpc) is 2.40. The van der Waals surface area contributed by atoms with Crippen molar-refractivity contribution in [2.75, 3.05) is 32.7 Å². The zero-order chi connectivity index (χ0) is 13.8. The van der Waals surface area contributed by atoms with Gasteiger partial charge in [0.15, 0.2) is 5.96 Å². The molecule has 0 fully saturated rings. The van der Waals surface area contributed by atoms with Crippen LogP contribution in [0, 0.1) is 0 Å². The van der Waals surface area contributed by atoms with Crippen LogP contribution >= 0.6 is 0 Å². The largest absolute Gasteiger partial charge is 0.343 e. The highest BCUT2D eigenvalue weighted by molar-refractivity contribution is 5.80. The molecule has 0 unspecified atom stereocenters. The first-order chi connectivity index (χ1) is 8.74. The molecule has 0 atom stereocenters. The van der Waals surface area contributed by atoms with Gasteiger partial charge >= 0.3 is 0 Å². The second kappa shape index (κ2) is 11.4. The number of hydrogen-bond donors (Lipinski definition) is 0. The summed E-state index contributed by atoms with van der Waals surface area (Å²) in [6.07, 6.45) is 5.28. The molecule has 0 heterocycles. The van der Waals surface area contributed by atoms with Crippen LogP contribution in [0.15, 0.2) is 4.99 Å². The summed E-state index contributed by atoms with van der Waals surface area (Å²) in [5, 5.41) is 0. The first-order valence-electron chi connectivity index (χ1n) is 7.79. The summed E-state index contributed by atoms with van der Waals surface area (Å²) in [7, 11) is 0. The van der Waals surface area contributed by atoms with Crippen LogP contribution in [0.25, 0.3) is 0 Å². The lowest BCUT2D eigenvalue weighted by atomic mass is 10.2. The molecule has 0 aromatic rings. The van der Waals surface area contributed by atoms with Gasteiger partial charge in [-0.05, 0) is 34.1 Å². The van der Waals surface area contributed by atoms with Crippen molar-refractivity contribution in [3.63, 3.8) is 0 Å². The maximum Gasteiger partial charge on any atom is 0.196 e. The molecule has 3 heteroatoms. The van der Waals surface area contributed by atoms with Gasteiger partial charge in [0.05, 0.1) is 0 Å². The normalized spacial score (nSPS) is 11.7. The fourth-order valence-electron chi connectivity index (χ4n) is 2.18. The monoisotopic (exact) mass is 255 g/mol. The summed E-state index contributed by atoms with van der Waals surface area (Å²) >= 11 is 0. The van der Waals surface area contributed by atoms with Crippen molar-refractivity contribution in [1.29, 1.82) is 0 Å². The molecule has 0 saturated carbocycles. The van der Waals surface area contributed by atoms with Crippen LogP contribution in [0.2, 0.25) is 0 Å². The van der Waals surface area contributed by atoms with E-state index in [4.69, 9.17) is 4.99 Å². The van der Waals surface area contributed by atoms with E-state index in [2.05, 4.69) is 44.4 Å². The quantitative estimate of drug-likeness (QED) is 0.356. The first-order valence-corrected chi connectivity index (χ1v) is 7.79. The Hall–Kier alpha value is -0.730. The molecule has 0 saturated heterocycles. The molecule has 108 valence electrons. The maximum atomic E-state index is 4.70. The fraction of sp³-hybridized carbons (Fsp3) is 0.933.